The van der Waals surface area contributed by atoms with Gasteiger partial charge in [0.1, 0.15) is 18.0 Å². The summed E-state index contributed by atoms with van der Waals surface area (Å²) in [6.45, 7) is 4.77. The third-order valence-electron chi connectivity index (χ3n) is 10.0. The molecule has 1 aliphatic carbocycles. The van der Waals surface area contributed by atoms with E-state index in [1.807, 2.05) is 97.9 Å². The van der Waals surface area contributed by atoms with Gasteiger partial charge in [0.25, 0.3) is 0 Å². The molecule has 0 aliphatic heterocycles. The van der Waals surface area contributed by atoms with E-state index in [0.717, 1.165) is 50.3 Å². The first-order valence-corrected chi connectivity index (χ1v) is 19.8. The molecule has 6 aromatic carbocycles. The molecule has 0 N–H and O–H groups in total. The molecule has 0 fully saturated rings. The molecule has 5 nitrogen and oxygen atoms in total. The van der Waals surface area contributed by atoms with Gasteiger partial charge < -0.3 is 23.7 Å². The van der Waals surface area contributed by atoms with Crippen LogP contribution in [-0.2, 0) is 51.8 Å². The third-order valence-corrected chi connectivity index (χ3v) is 10.4. The fourth-order valence-corrected chi connectivity index (χ4v) is 7.35. The Labute approximate surface area is 336 Å². The highest BCUT2D eigenvalue weighted by molar-refractivity contribution is 6.31. The summed E-state index contributed by atoms with van der Waals surface area (Å²) in [5.41, 5.74) is 8.58. The van der Waals surface area contributed by atoms with E-state index in [9.17, 15) is 0 Å². The lowest BCUT2D eigenvalue weighted by molar-refractivity contribution is -0.158. The fraction of sp³-hybridized carbons (Fsp3) is 0.240. The summed E-state index contributed by atoms with van der Waals surface area (Å²) >= 11 is 6.93. The first kappa shape index (κ1) is 39.2. The van der Waals surface area contributed by atoms with E-state index in [4.69, 9.17) is 35.3 Å². The van der Waals surface area contributed by atoms with Crippen LogP contribution >= 0.6 is 11.6 Å². The molecular weight excluding hydrogens is 716 g/mol. The maximum absolute atomic E-state index is 7.01. The first-order valence-electron chi connectivity index (χ1n) is 19.4. The smallest absolute Gasteiger partial charge is 0.119 e. The Kier molecular flexibility index (Phi) is 14.2. The van der Waals surface area contributed by atoms with Gasteiger partial charge in [-0.25, -0.2) is 0 Å². The normalized spacial score (nSPS) is 18.0. The monoisotopic (exact) mass is 764 g/mol. The van der Waals surface area contributed by atoms with E-state index in [1.165, 1.54) is 0 Å². The van der Waals surface area contributed by atoms with Crippen molar-refractivity contribution < 1.29 is 23.7 Å². The van der Waals surface area contributed by atoms with Gasteiger partial charge in [-0.3, -0.25) is 0 Å². The van der Waals surface area contributed by atoms with Crippen molar-refractivity contribution in [3.05, 3.63) is 214 Å². The second-order valence-electron chi connectivity index (χ2n) is 14.1. The molecule has 7 rings (SSSR count). The SMILES string of the molecule is CCOc1ccc(Cc2cc(C3=C[C@H](COCc4ccccc4)[C@@H](OCc4ccccc4)[C@H](OCc4ccccc4)[C@H]3OCc3ccccc3)ccc2Cl)cc1. The summed E-state index contributed by atoms with van der Waals surface area (Å²) in [5, 5.41) is 0.712. The van der Waals surface area contributed by atoms with Gasteiger partial charge in [-0.15, -0.1) is 0 Å². The van der Waals surface area contributed by atoms with E-state index in [1.54, 1.807) is 0 Å². The summed E-state index contributed by atoms with van der Waals surface area (Å²) in [4.78, 5) is 0. The van der Waals surface area contributed by atoms with Crippen molar-refractivity contribution in [1.29, 1.82) is 0 Å². The minimum absolute atomic E-state index is 0.153. The van der Waals surface area contributed by atoms with Crippen molar-refractivity contribution in [3.63, 3.8) is 0 Å². The largest absolute Gasteiger partial charge is 0.494 e. The lowest BCUT2D eigenvalue weighted by Gasteiger charge is -2.42. The maximum Gasteiger partial charge on any atom is 0.119 e. The van der Waals surface area contributed by atoms with Crippen molar-refractivity contribution >= 4 is 17.2 Å². The quantitative estimate of drug-likeness (QED) is 0.0872. The lowest BCUT2D eigenvalue weighted by Crippen LogP contribution is -2.50. The maximum atomic E-state index is 7.01. The number of benzene rings is 6. The summed E-state index contributed by atoms with van der Waals surface area (Å²) in [6, 6.07) is 55.6. The van der Waals surface area contributed by atoms with Gasteiger partial charge in [-0.2, -0.15) is 0 Å². The van der Waals surface area contributed by atoms with Gasteiger partial charge in [0, 0.05) is 10.9 Å². The van der Waals surface area contributed by atoms with Crippen molar-refractivity contribution in [1.82, 2.24) is 0 Å². The number of halogens is 1. The topological polar surface area (TPSA) is 46.2 Å². The Balaban J connectivity index is 1.28. The number of hydrogen-bond acceptors (Lipinski definition) is 5. The van der Waals surface area contributed by atoms with Crippen LogP contribution < -0.4 is 4.74 Å². The Morgan fingerprint density at radius 3 is 1.59 bits per heavy atom. The standard InChI is InChI=1S/C50H49ClO5/c1-2-53-45-26-23-37(24-27-45)29-43-30-42(25-28-47(43)51)46-31-44(36-52-32-38-15-7-3-8-16-38)48(54-33-39-17-9-4-10-18-39)50(56-35-41-21-13-6-14-22-41)49(46)55-34-40-19-11-5-12-20-40/h3-28,30-31,44,48-50H,2,29,32-36H2,1H3/t44-,48-,49+,50+/m1/s1. The summed E-state index contributed by atoms with van der Waals surface area (Å²) in [7, 11) is 0. The molecule has 0 radical (unpaired) electrons. The van der Waals surface area contributed by atoms with Crippen LogP contribution in [0.2, 0.25) is 5.02 Å². The molecule has 0 unspecified atom stereocenters. The zero-order valence-electron chi connectivity index (χ0n) is 31.8. The number of ether oxygens (including phenoxy) is 5. The molecule has 0 spiro atoms. The molecule has 6 aromatic rings. The molecule has 1 aliphatic rings. The van der Waals surface area contributed by atoms with E-state index < -0.39 is 12.2 Å². The molecule has 0 saturated heterocycles. The van der Waals surface area contributed by atoms with E-state index in [0.29, 0.717) is 51.1 Å². The van der Waals surface area contributed by atoms with Crippen LogP contribution in [0, 0.1) is 5.92 Å². The molecule has 0 bridgehead atoms. The van der Waals surface area contributed by atoms with E-state index in [2.05, 4.69) is 78.9 Å². The molecule has 0 aromatic heterocycles. The minimum atomic E-state index is -0.474. The summed E-state index contributed by atoms with van der Waals surface area (Å²) in [6.07, 6.45) is 1.64. The van der Waals surface area contributed by atoms with Crippen LogP contribution in [-0.4, -0.2) is 31.5 Å². The van der Waals surface area contributed by atoms with Gasteiger partial charge in [-0.05, 0) is 82.1 Å². The molecule has 0 saturated carbocycles. The molecule has 0 amide bonds. The summed E-state index contributed by atoms with van der Waals surface area (Å²) < 4.78 is 33.1. The second kappa shape index (κ2) is 20.2. The van der Waals surface area contributed by atoms with Crippen LogP contribution in [0.1, 0.15) is 45.9 Å². The summed E-state index contributed by atoms with van der Waals surface area (Å²) in [5.74, 6) is 0.702. The van der Waals surface area contributed by atoms with Gasteiger partial charge >= 0.3 is 0 Å². The highest BCUT2D eigenvalue weighted by atomic mass is 35.5. The van der Waals surface area contributed by atoms with Crippen LogP contribution in [0.5, 0.6) is 5.75 Å². The van der Waals surface area contributed by atoms with Gasteiger partial charge in [0.15, 0.2) is 0 Å². The highest BCUT2D eigenvalue weighted by Gasteiger charge is 2.43. The molecular formula is C50H49ClO5. The molecule has 286 valence electrons. The van der Waals surface area contributed by atoms with Crippen LogP contribution in [0.15, 0.2) is 170 Å². The Hall–Kier alpha value is -5.01. The zero-order chi connectivity index (χ0) is 38.4. The Morgan fingerprint density at radius 2 is 1.04 bits per heavy atom. The van der Waals surface area contributed by atoms with Crippen molar-refractivity contribution in [2.75, 3.05) is 13.2 Å². The van der Waals surface area contributed by atoms with Crippen molar-refractivity contribution in [3.8, 4) is 5.75 Å². The average molecular weight is 765 g/mol. The Bertz CT molecular complexity index is 2090. The lowest BCUT2D eigenvalue weighted by atomic mass is 9.80. The van der Waals surface area contributed by atoms with Gasteiger partial charge in [-0.1, -0.05) is 157 Å². The van der Waals surface area contributed by atoms with Crippen LogP contribution in [0.3, 0.4) is 0 Å². The molecule has 6 heteroatoms. The first-order chi connectivity index (χ1) is 27.6. The second-order valence-corrected chi connectivity index (χ2v) is 14.5. The van der Waals surface area contributed by atoms with Crippen molar-refractivity contribution in [2.45, 2.75) is 58.1 Å². The molecule has 56 heavy (non-hydrogen) atoms. The van der Waals surface area contributed by atoms with Gasteiger partial charge in [0.2, 0.25) is 0 Å². The van der Waals surface area contributed by atoms with Crippen LogP contribution in [0.25, 0.3) is 5.57 Å². The minimum Gasteiger partial charge on any atom is -0.494 e. The zero-order valence-corrected chi connectivity index (χ0v) is 32.6. The highest BCUT2D eigenvalue weighted by Crippen LogP contribution is 2.39. The number of hydrogen-bond donors (Lipinski definition) is 0. The predicted molar refractivity (Wildman–Crippen MR) is 224 cm³/mol. The predicted octanol–water partition coefficient (Wildman–Crippen LogP) is 11.3. The molecule has 4 atom stereocenters. The van der Waals surface area contributed by atoms with Crippen LogP contribution in [0.4, 0.5) is 0 Å². The number of rotatable bonds is 18. The van der Waals surface area contributed by atoms with Gasteiger partial charge in [0.05, 0.1) is 45.7 Å². The third kappa shape index (κ3) is 10.8. The fourth-order valence-electron chi connectivity index (χ4n) is 7.16. The average Bonchev–Trinajstić information content (AvgIpc) is 3.25. The van der Waals surface area contributed by atoms with E-state index >= 15 is 0 Å². The molecule has 0 heterocycles. The van der Waals surface area contributed by atoms with E-state index in [-0.39, 0.29) is 12.0 Å². The Morgan fingerprint density at radius 1 is 0.518 bits per heavy atom. The van der Waals surface area contributed by atoms with Crippen molar-refractivity contribution in [2.24, 2.45) is 5.92 Å².